The number of aromatic amines is 1. The van der Waals surface area contributed by atoms with Crippen LogP contribution in [-0.4, -0.2) is 34.1 Å². The highest BCUT2D eigenvalue weighted by Crippen LogP contribution is 2.22. The number of hydrogen-bond donors (Lipinski definition) is 2. The van der Waals surface area contributed by atoms with Gasteiger partial charge < -0.3 is 15.2 Å². The summed E-state index contributed by atoms with van der Waals surface area (Å²) in [6.07, 6.45) is 2.13. The van der Waals surface area contributed by atoms with E-state index in [9.17, 15) is 4.39 Å². The number of rotatable bonds is 4. The number of halogens is 3. The van der Waals surface area contributed by atoms with E-state index in [1.807, 2.05) is 12.1 Å². The highest BCUT2D eigenvalue weighted by atomic mass is 35.5. The van der Waals surface area contributed by atoms with Crippen molar-refractivity contribution in [1.29, 1.82) is 0 Å². The smallest absolute Gasteiger partial charge is 0.215 e. The largest absolute Gasteiger partial charge is 0.341 e. The molecule has 4 rings (SSSR count). The molecular formula is C18H18Cl2FN5. The van der Waals surface area contributed by atoms with Gasteiger partial charge >= 0.3 is 0 Å². The van der Waals surface area contributed by atoms with Crippen LogP contribution in [0.5, 0.6) is 0 Å². The zero-order chi connectivity index (χ0) is 18.1. The van der Waals surface area contributed by atoms with Crippen molar-refractivity contribution in [2.75, 3.05) is 18.0 Å². The van der Waals surface area contributed by atoms with Crippen LogP contribution in [0.25, 0.3) is 11.2 Å². The Hall–Kier alpha value is -1.89. The van der Waals surface area contributed by atoms with E-state index in [2.05, 4.69) is 25.2 Å². The lowest BCUT2D eigenvalue weighted by atomic mass is 10.1. The van der Waals surface area contributed by atoms with Gasteiger partial charge in [-0.15, -0.1) is 0 Å². The Morgan fingerprint density at radius 3 is 2.81 bits per heavy atom. The van der Waals surface area contributed by atoms with Gasteiger partial charge in [0, 0.05) is 35.7 Å². The number of fused-ring (bicyclic) bond motifs is 1. The van der Waals surface area contributed by atoms with Crippen LogP contribution in [0.3, 0.4) is 0 Å². The van der Waals surface area contributed by atoms with E-state index in [0.717, 1.165) is 43.0 Å². The standard InChI is InChI=1S/C18H18Cl2FN5/c19-12-6-11(7-13(20)8-12)9-22-14-2-1-5-26(10-14)18-23-15-3-4-16(21)24-17(15)25-18/h3-4,6-8,14,22H,1-2,5,9-10H2,(H,23,24,25). The monoisotopic (exact) mass is 393 g/mol. The number of nitrogens with zero attached hydrogens (tertiary/aromatic N) is 3. The summed E-state index contributed by atoms with van der Waals surface area (Å²) in [5, 5.41) is 4.84. The number of H-pyrrole nitrogens is 1. The minimum Gasteiger partial charge on any atom is -0.341 e. The summed E-state index contributed by atoms with van der Waals surface area (Å²) in [5.74, 6) is 0.212. The van der Waals surface area contributed by atoms with Crippen molar-refractivity contribution in [3.63, 3.8) is 0 Å². The number of aromatic nitrogens is 3. The van der Waals surface area contributed by atoms with Crippen LogP contribution in [0.2, 0.25) is 10.0 Å². The minimum absolute atomic E-state index is 0.319. The van der Waals surface area contributed by atoms with E-state index in [1.54, 1.807) is 12.1 Å². The minimum atomic E-state index is -0.520. The highest BCUT2D eigenvalue weighted by molar-refractivity contribution is 6.34. The summed E-state index contributed by atoms with van der Waals surface area (Å²) in [6, 6.07) is 8.88. The molecule has 3 heterocycles. The van der Waals surface area contributed by atoms with Crippen LogP contribution in [-0.2, 0) is 6.54 Å². The Bertz CT molecular complexity index is 909. The normalized spacial score (nSPS) is 17.8. The second-order valence-electron chi connectivity index (χ2n) is 6.51. The molecular weight excluding hydrogens is 376 g/mol. The van der Waals surface area contributed by atoms with E-state index < -0.39 is 5.95 Å². The SMILES string of the molecule is Fc1ccc2[nH]c(N3CCCC(NCc4cc(Cl)cc(Cl)c4)C3)nc2n1. The molecule has 0 bridgehead atoms. The van der Waals surface area contributed by atoms with Crippen LogP contribution in [0.15, 0.2) is 30.3 Å². The lowest BCUT2D eigenvalue weighted by molar-refractivity contribution is 0.419. The van der Waals surface area contributed by atoms with Crippen LogP contribution in [0, 0.1) is 5.95 Å². The van der Waals surface area contributed by atoms with Crippen molar-refractivity contribution in [2.45, 2.75) is 25.4 Å². The number of imidazole rings is 1. The molecule has 0 amide bonds. The molecule has 0 aliphatic carbocycles. The van der Waals surface area contributed by atoms with E-state index in [-0.39, 0.29) is 0 Å². The zero-order valence-electron chi connectivity index (χ0n) is 14.0. The van der Waals surface area contributed by atoms with Gasteiger partial charge in [0.15, 0.2) is 5.65 Å². The summed E-state index contributed by atoms with van der Waals surface area (Å²) in [6.45, 7) is 2.42. The maximum Gasteiger partial charge on any atom is 0.215 e. The molecule has 136 valence electrons. The van der Waals surface area contributed by atoms with Gasteiger partial charge in [0.25, 0.3) is 0 Å². The van der Waals surface area contributed by atoms with Crippen molar-refractivity contribution < 1.29 is 4.39 Å². The predicted molar refractivity (Wildman–Crippen MR) is 102 cm³/mol. The summed E-state index contributed by atoms with van der Waals surface area (Å²) >= 11 is 12.1. The lowest BCUT2D eigenvalue weighted by Gasteiger charge is -2.33. The third-order valence-electron chi connectivity index (χ3n) is 4.54. The molecule has 5 nitrogen and oxygen atoms in total. The number of anilines is 1. The molecule has 1 fully saturated rings. The average Bonchev–Trinajstić information content (AvgIpc) is 3.03. The van der Waals surface area contributed by atoms with Crippen molar-refractivity contribution in [3.8, 4) is 0 Å². The molecule has 1 saturated heterocycles. The molecule has 1 aliphatic rings. The summed E-state index contributed by atoms with van der Waals surface area (Å²) < 4.78 is 13.3. The Kier molecular flexibility index (Phi) is 4.98. The third kappa shape index (κ3) is 3.92. The van der Waals surface area contributed by atoms with Crippen LogP contribution in [0.1, 0.15) is 18.4 Å². The third-order valence-corrected chi connectivity index (χ3v) is 4.97. The Balaban J connectivity index is 1.43. The summed E-state index contributed by atoms with van der Waals surface area (Å²) in [5.41, 5.74) is 2.21. The summed E-state index contributed by atoms with van der Waals surface area (Å²) in [4.78, 5) is 13.7. The molecule has 2 N–H and O–H groups in total. The number of piperidine rings is 1. The number of hydrogen-bond acceptors (Lipinski definition) is 4. The van der Waals surface area contributed by atoms with Crippen molar-refractivity contribution >= 4 is 40.3 Å². The molecule has 0 saturated carbocycles. The van der Waals surface area contributed by atoms with Crippen molar-refractivity contribution in [1.82, 2.24) is 20.3 Å². The number of benzene rings is 1. The quantitative estimate of drug-likeness (QED) is 0.653. The average molecular weight is 394 g/mol. The van der Waals surface area contributed by atoms with Gasteiger partial charge in [-0.05, 0) is 48.7 Å². The first-order valence-electron chi connectivity index (χ1n) is 8.52. The molecule has 1 aliphatic heterocycles. The predicted octanol–water partition coefficient (Wildman–Crippen LogP) is 4.16. The molecule has 0 spiro atoms. The molecule has 2 aromatic heterocycles. The van der Waals surface area contributed by atoms with Crippen LogP contribution in [0.4, 0.5) is 10.3 Å². The first kappa shape index (κ1) is 17.5. The Labute approximate surface area is 160 Å². The van der Waals surface area contributed by atoms with Gasteiger partial charge in [-0.2, -0.15) is 14.4 Å². The first-order chi connectivity index (χ1) is 12.6. The van der Waals surface area contributed by atoms with Gasteiger partial charge in [-0.3, -0.25) is 0 Å². The lowest BCUT2D eigenvalue weighted by Crippen LogP contribution is -2.45. The zero-order valence-corrected chi connectivity index (χ0v) is 15.5. The fourth-order valence-corrected chi connectivity index (χ4v) is 3.89. The maximum atomic E-state index is 13.3. The van der Waals surface area contributed by atoms with E-state index >= 15 is 0 Å². The van der Waals surface area contributed by atoms with Gasteiger partial charge in [-0.1, -0.05) is 23.2 Å². The Morgan fingerprint density at radius 1 is 1.19 bits per heavy atom. The maximum absolute atomic E-state index is 13.3. The molecule has 1 unspecified atom stereocenters. The molecule has 1 aromatic carbocycles. The van der Waals surface area contributed by atoms with E-state index in [1.165, 1.54) is 6.07 Å². The van der Waals surface area contributed by atoms with E-state index in [0.29, 0.717) is 28.3 Å². The van der Waals surface area contributed by atoms with Crippen molar-refractivity contribution in [2.24, 2.45) is 0 Å². The van der Waals surface area contributed by atoms with Gasteiger partial charge in [0.1, 0.15) is 0 Å². The van der Waals surface area contributed by atoms with Crippen LogP contribution < -0.4 is 10.2 Å². The van der Waals surface area contributed by atoms with Gasteiger partial charge in [0.2, 0.25) is 11.9 Å². The molecule has 26 heavy (non-hydrogen) atoms. The number of nitrogens with one attached hydrogen (secondary N) is 2. The number of pyridine rings is 1. The van der Waals surface area contributed by atoms with Gasteiger partial charge in [-0.25, -0.2) is 0 Å². The van der Waals surface area contributed by atoms with Gasteiger partial charge in [0.05, 0.1) is 5.52 Å². The second kappa shape index (κ2) is 7.39. The molecule has 1 atom stereocenters. The van der Waals surface area contributed by atoms with Crippen LogP contribution >= 0.6 is 23.2 Å². The molecule has 3 aromatic rings. The molecule has 0 radical (unpaired) electrons. The Morgan fingerprint density at radius 2 is 2.00 bits per heavy atom. The molecule has 8 heteroatoms. The summed E-state index contributed by atoms with van der Waals surface area (Å²) in [7, 11) is 0. The van der Waals surface area contributed by atoms with Crippen molar-refractivity contribution in [3.05, 3.63) is 51.9 Å². The fraction of sp³-hybridized carbons (Fsp3) is 0.333. The van der Waals surface area contributed by atoms with E-state index in [4.69, 9.17) is 23.2 Å². The first-order valence-corrected chi connectivity index (χ1v) is 9.28. The second-order valence-corrected chi connectivity index (χ2v) is 7.38. The highest BCUT2D eigenvalue weighted by Gasteiger charge is 2.22. The fourth-order valence-electron chi connectivity index (χ4n) is 3.32. The topological polar surface area (TPSA) is 56.8 Å².